The van der Waals surface area contributed by atoms with Gasteiger partial charge < -0.3 is 10.2 Å². The summed E-state index contributed by atoms with van der Waals surface area (Å²) in [7, 11) is 0. The summed E-state index contributed by atoms with van der Waals surface area (Å²) >= 11 is 0. The van der Waals surface area contributed by atoms with Crippen LogP contribution in [0.2, 0.25) is 0 Å². The molecule has 0 saturated carbocycles. The highest BCUT2D eigenvalue weighted by atomic mass is 16.3. The van der Waals surface area contributed by atoms with Crippen molar-refractivity contribution in [3.05, 3.63) is 58.7 Å². The van der Waals surface area contributed by atoms with Crippen molar-refractivity contribution < 1.29 is 15.0 Å². The molecule has 18 heavy (non-hydrogen) atoms. The summed E-state index contributed by atoms with van der Waals surface area (Å²) in [5.74, 6) is -0.0324. The van der Waals surface area contributed by atoms with E-state index in [1.807, 2.05) is 0 Å². The van der Waals surface area contributed by atoms with Crippen LogP contribution in [0.5, 0.6) is 11.5 Å². The molecule has 0 aliphatic carbocycles. The van der Waals surface area contributed by atoms with Crippen molar-refractivity contribution in [1.82, 2.24) is 0 Å². The third-order valence-corrected chi connectivity index (χ3v) is 2.94. The van der Waals surface area contributed by atoms with Gasteiger partial charge in [-0.15, -0.1) is 0 Å². The van der Waals surface area contributed by atoms with Crippen molar-refractivity contribution in [3.63, 3.8) is 0 Å². The summed E-state index contributed by atoms with van der Waals surface area (Å²) in [5.41, 5.74) is 2.25. The van der Waals surface area contributed by atoms with Crippen LogP contribution in [-0.4, -0.2) is 16.0 Å². The number of hydrogen-bond acceptors (Lipinski definition) is 3. The summed E-state index contributed by atoms with van der Waals surface area (Å²) in [5, 5.41) is 19.2. The lowest BCUT2D eigenvalue weighted by Gasteiger charge is -2.05. The van der Waals surface area contributed by atoms with Crippen LogP contribution < -0.4 is 0 Å². The van der Waals surface area contributed by atoms with Gasteiger partial charge in [-0.05, 0) is 37.1 Å². The van der Waals surface area contributed by atoms with Gasteiger partial charge in [0.25, 0.3) is 0 Å². The fourth-order valence-electron chi connectivity index (χ4n) is 1.67. The maximum atomic E-state index is 12.2. The van der Waals surface area contributed by atoms with Gasteiger partial charge in [-0.2, -0.15) is 0 Å². The molecule has 0 spiro atoms. The van der Waals surface area contributed by atoms with Crippen LogP contribution in [0.25, 0.3) is 0 Å². The maximum Gasteiger partial charge on any atom is 0.193 e. The summed E-state index contributed by atoms with van der Waals surface area (Å²) in [4.78, 5) is 12.2. The number of benzene rings is 2. The Morgan fingerprint density at radius 1 is 0.833 bits per heavy atom. The van der Waals surface area contributed by atoms with Crippen molar-refractivity contribution in [3.8, 4) is 11.5 Å². The zero-order chi connectivity index (χ0) is 13.3. The minimum absolute atomic E-state index is 0.0946. The van der Waals surface area contributed by atoms with Gasteiger partial charge in [-0.3, -0.25) is 4.79 Å². The summed E-state index contributed by atoms with van der Waals surface area (Å²) < 4.78 is 0. The highest BCUT2D eigenvalue weighted by Gasteiger charge is 2.11. The van der Waals surface area contributed by atoms with Crippen LogP contribution >= 0.6 is 0 Å². The first-order valence-corrected chi connectivity index (χ1v) is 5.63. The van der Waals surface area contributed by atoms with Crippen LogP contribution in [0, 0.1) is 13.8 Å². The van der Waals surface area contributed by atoms with Crippen LogP contribution in [0.3, 0.4) is 0 Å². The number of aromatic hydroxyl groups is 2. The van der Waals surface area contributed by atoms with Gasteiger partial charge in [0.1, 0.15) is 11.5 Å². The van der Waals surface area contributed by atoms with E-state index in [0.29, 0.717) is 11.1 Å². The van der Waals surface area contributed by atoms with Gasteiger partial charge in [0.15, 0.2) is 5.78 Å². The van der Waals surface area contributed by atoms with Crippen LogP contribution in [0.15, 0.2) is 36.4 Å². The molecule has 0 radical (unpaired) electrons. The molecule has 0 heterocycles. The van der Waals surface area contributed by atoms with Crippen molar-refractivity contribution in [1.29, 1.82) is 0 Å². The molecule has 0 aromatic heterocycles. The fraction of sp³-hybridized carbons (Fsp3) is 0.133. The summed E-state index contributed by atoms with van der Waals surface area (Å²) in [6, 6.07) is 9.58. The number of hydrogen-bond donors (Lipinski definition) is 2. The Balaban J connectivity index is 2.41. The second-order valence-electron chi connectivity index (χ2n) is 4.33. The van der Waals surface area contributed by atoms with E-state index in [1.54, 1.807) is 38.1 Å². The van der Waals surface area contributed by atoms with Gasteiger partial charge in [0.05, 0.1) is 0 Å². The minimum Gasteiger partial charge on any atom is -0.508 e. The van der Waals surface area contributed by atoms with E-state index >= 15 is 0 Å². The molecule has 2 rings (SSSR count). The van der Waals surface area contributed by atoms with E-state index in [9.17, 15) is 15.0 Å². The largest absolute Gasteiger partial charge is 0.508 e. The number of aryl methyl sites for hydroxylation is 2. The third-order valence-electron chi connectivity index (χ3n) is 2.94. The number of carbonyl (C=O) groups is 1. The number of rotatable bonds is 2. The monoisotopic (exact) mass is 242 g/mol. The lowest BCUT2D eigenvalue weighted by Crippen LogP contribution is -2.01. The molecule has 2 aromatic carbocycles. The first-order valence-electron chi connectivity index (χ1n) is 5.63. The SMILES string of the molecule is Cc1ccc(C(=O)c2ccc(C)c(O)c2)cc1O. The molecule has 0 bridgehead atoms. The molecule has 92 valence electrons. The van der Waals surface area contributed by atoms with E-state index in [0.717, 1.165) is 11.1 Å². The summed E-state index contributed by atoms with van der Waals surface area (Å²) in [6.07, 6.45) is 0. The zero-order valence-electron chi connectivity index (χ0n) is 10.3. The number of carbonyl (C=O) groups excluding carboxylic acids is 1. The molecule has 0 unspecified atom stereocenters. The highest BCUT2D eigenvalue weighted by Crippen LogP contribution is 2.22. The Labute approximate surface area is 105 Å². The van der Waals surface area contributed by atoms with Crippen molar-refractivity contribution in [2.24, 2.45) is 0 Å². The standard InChI is InChI=1S/C15H14O3/c1-9-3-5-11(7-13(9)16)15(18)12-6-4-10(2)14(17)8-12/h3-8,16-17H,1-2H3. The second-order valence-corrected chi connectivity index (χ2v) is 4.33. The van der Waals surface area contributed by atoms with Gasteiger partial charge in [-0.1, -0.05) is 24.3 Å². The van der Waals surface area contributed by atoms with Gasteiger partial charge in [0, 0.05) is 11.1 Å². The van der Waals surface area contributed by atoms with E-state index in [4.69, 9.17) is 0 Å². The lowest BCUT2D eigenvalue weighted by atomic mass is 10.0. The first-order chi connectivity index (χ1) is 8.49. The number of phenolic OH excluding ortho intramolecular Hbond substituents is 2. The molecule has 3 heteroatoms. The fourth-order valence-corrected chi connectivity index (χ4v) is 1.67. The molecule has 0 amide bonds. The summed E-state index contributed by atoms with van der Waals surface area (Å²) in [6.45, 7) is 3.53. The maximum absolute atomic E-state index is 12.2. The molecule has 2 aromatic rings. The molecular formula is C15H14O3. The minimum atomic E-state index is -0.222. The number of ketones is 1. The van der Waals surface area contributed by atoms with E-state index in [-0.39, 0.29) is 17.3 Å². The van der Waals surface area contributed by atoms with Crippen molar-refractivity contribution in [2.45, 2.75) is 13.8 Å². The topological polar surface area (TPSA) is 57.5 Å². The van der Waals surface area contributed by atoms with E-state index in [2.05, 4.69) is 0 Å². The third kappa shape index (κ3) is 2.20. The van der Waals surface area contributed by atoms with Gasteiger partial charge in [-0.25, -0.2) is 0 Å². The van der Waals surface area contributed by atoms with Crippen LogP contribution in [-0.2, 0) is 0 Å². The lowest BCUT2D eigenvalue weighted by molar-refractivity contribution is 0.103. The molecule has 0 saturated heterocycles. The quantitative estimate of drug-likeness (QED) is 0.796. The predicted molar refractivity (Wildman–Crippen MR) is 69.1 cm³/mol. The van der Waals surface area contributed by atoms with Crippen molar-refractivity contribution in [2.75, 3.05) is 0 Å². The zero-order valence-corrected chi connectivity index (χ0v) is 10.3. The number of phenols is 2. The molecular weight excluding hydrogens is 228 g/mol. The smallest absolute Gasteiger partial charge is 0.193 e. The molecule has 3 nitrogen and oxygen atoms in total. The average molecular weight is 242 g/mol. The first kappa shape index (κ1) is 12.2. The Morgan fingerprint density at radius 2 is 1.22 bits per heavy atom. The van der Waals surface area contributed by atoms with Gasteiger partial charge in [0.2, 0.25) is 0 Å². The van der Waals surface area contributed by atoms with E-state index in [1.165, 1.54) is 12.1 Å². The molecule has 0 fully saturated rings. The van der Waals surface area contributed by atoms with Crippen LogP contribution in [0.4, 0.5) is 0 Å². The normalized spacial score (nSPS) is 10.3. The molecule has 2 N–H and O–H groups in total. The predicted octanol–water partition coefficient (Wildman–Crippen LogP) is 2.95. The molecule has 0 aliphatic rings. The second kappa shape index (κ2) is 4.53. The Kier molecular flexibility index (Phi) is 3.06. The molecule has 0 aliphatic heterocycles. The molecule has 0 atom stereocenters. The Hall–Kier alpha value is -2.29. The average Bonchev–Trinajstić information content (AvgIpc) is 2.35. The van der Waals surface area contributed by atoms with Crippen molar-refractivity contribution >= 4 is 5.78 Å². The van der Waals surface area contributed by atoms with Gasteiger partial charge >= 0.3 is 0 Å². The Bertz CT molecular complexity index is 562. The highest BCUT2D eigenvalue weighted by molar-refractivity contribution is 6.09. The van der Waals surface area contributed by atoms with E-state index < -0.39 is 0 Å². The Morgan fingerprint density at radius 3 is 1.56 bits per heavy atom. The van der Waals surface area contributed by atoms with Crippen LogP contribution in [0.1, 0.15) is 27.0 Å².